The van der Waals surface area contributed by atoms with E-state index in [-0.39, 0.29) is 5.48 Å². The Morgan fingerprint density at radius 1 is 1.23 bits per heavy atom. The maximum Gasteiger partial charge on any atom is 0.215 e. The number of pyridine rings is 1. The van der Waals surface area contributed by atoms with Crippen LogP contribution in [0.3, 0.4) is 0 Å². The van der Waals surface area contributed by atoms with Crippen LogP contribution >= 0.6 is 0 Å². The monoisotopic (exact) mass is 177 g/mol. The van der Waals surface area contributed by atoms with Crippen LogP contribution < -0.4 is 4.57 Å². The molecule has 3 nitrogen and oxygen atoms in total. The van der Waals surface area contributed by atoms with E-state index in [1.54, 1.807) is 12.1 Å². The first kappa shape index (κ1) is 9.48. The van der Waals surface area contributed by atoms with E-state index in [2.05, 4.69) is 0 Å². The molecule has 3 heteroatoms. The third-order valence-corrected chi connectivity index (χ3v) is 1.98. The highest BCUT2D eigenvalue weighted by molar-refractivity contribution is 5.76. The number of fused-ring (bicyclic) bond motifs is 1. The van der Waals surface area contributed by atoms with Crippen molar-refractivity contribution in [3.05, 3.63) is 36.5 Å². The lowest BCUT2D eigenvalue weighted by molar-refractivity contribution is -0.644. The Morgan fingerprint density at radius 2 is 2.00 bits per heavy atom. The molecule has 0 saturated heterocycles. The number of hydrogen-bond donors (Lipinski definition) is 1. The smallest absolute Gasteiger partial charge is 0.215 e. The average molecular weight is 177 g/mol. The van der Waals surface area contributed by atoms with Crippen LogP contribution in [0.5, 0.6) is 5.75 Å². The average Bonchev–Trinajstić information content (AvgIpc) is 2.07. The van der Waals surface area contributed by atoms with Crippen molar-refractivity contribution < 1.29 is 15.1 Å². The Hall–Kier alpha value is -1.61. The zero-order valence-electron chi connectivity index (χ0n) is 7.31. The molecule has 2 rings (SSSR count). The summed E-state index contributed by atoms with van der Waals surface area (Å²) in [5.74, 6) is 0.310. The van der Waals surface area contributed by atoms with Gasteiger partial charge < -0.3 is 10.6 Å². The van der Waals surface area contributed by atoms with Gasteiger partial charge >= 0.3 is 0 Å². The number of nitrogens with zero attached hydrogens (tertiary/aromatic N) is 1. The Morgan fingerprint density at radius 3 is 2.77 bits per heavy atom. The molecule has 0 unspecified atom stereocenters. The van der Waals surface area contributed by atoms with Crippen molar-refractivity contribution in [3.63, 3.8) is 0 Å². The molecule has 13 heavy (non-hydrogen) atoms. The van der Waals surface area contributed by atoms with E-state index < -0.39 is 0 Å². The van der Waals surface area contributed by atoms with E-state index in [1.165, 1.54) is 0 Å². The summed E-state index contributed by atoms with van der Waals surface area (Å²) >= 11 is 0. The maximum absolute atomic E-state index is 9.24. The summed E-state index contributed by atoms with van der Waals surface area (Å²) in [7, 11) is 1.96. The molecule has 0 aliphatic carbocycles. The molecule has 1 aromatic heterocycles. The first-order valence-electron chi connectivity index (χ1n) is 3.85. The lowest BCUT2D eigenvalue weighted by Crippen LogP contribution is -2.27. The molecule has 0 spiro atoms. The number of phenols is 1. The van der Waals surface area contributed by atoms with Crippen molar-refractivity contribution in [3.8, 4) is 5.75 Å². The number of aromatic nitrogens is 1. The minimum atomic E-state index is 0. The Kier molecular flexibility index (Phi) is 2.49. The molecular weight excluding hydrogens is 166 g/mol. The van der Waals surface area contributed by atoms with E-state index in [1.807, 2.05) is 36.0 Å². The molecule has 0 radical (unpaired) electrons. The molecule has 0 amide bonds. The Bertz CT molecular complexity index is 426. The van der Waals surface area contributed by atoms with Gasteiger partial charge in [-0.2, -0.15) is 0 Å². The highest BCUT2D eigenvalue weighted by Gasteiger charge is 2.03. The SMILES string of the molecule is C[n+]1cccc2ccc(O)cc21.[OH-]. The quantitative estimate of drug-likeness (QED) is 0.614. The zero-order valence-corrected chi connectivity index (χ0v) is 7.31. The third kappa shape index (κ3) is 1.60. The van der Waals surface area contributed by atoms with Crippen LogP contribution in [0.15, 0.2) is 36.5 Å². The van der Waals surface area contributed by atoms with Crippen LogP contribution in [0.4, 0.5) is 0 Å². The van der Waals surface area contributed by atoms with Gasteiger partial charge in [-0.3, -0.25) is 0 Å². The van der Waals surface area contributed by atoms with E-state index >= 15 is 0 Å². The molecule has 2 aromatic rings. The number of aromatic hydroxyl groups is 1. The van der Waals surface area contributed by atoms with Crippen LogP contribution in [0.1, 0.15) is 0 Å². The van der Waals surface area contributed by atoms with Gasteiger partial charge in [0.15, 0.2) is 6.20 Å². The number of aryl methyl sites for hydroxylation is 1. The molecule has 1 heterocycles. The van der Waals surface area contributed by atoms with Gasteiger partial charge in [-0.05, 0) is 18.2 Å². The fourth-order valence-corrected chi connectivity index (χ4v) is 1.33. The zero-order chi connectivity index (χ0) is 8.55. The highest BCUT2D eigenvalue weighted by Crippen LogP contribution is 2.15. The Labute approximate surface area is 76.2 Å². The van der Waals surface area contributed by atoms with Gasteiger partial charge in [-0.1, -0.05) is 0 Å². The molecule has 68 valence electrons. The first-order chi connectivity index (χ1) is 5.77. The van der Waals surface area contributed by atoms with Crippen LogP contribution in [0, 0.1) is 0 Å². The predicted molar refractivity (Wildman–Crippen MR) is 48.7 cm³/mol. The van der Waals surface area contributed by atoms with Gasteiger partial charge in [0.2, 0.25) is 5.52 Å². The third-order valence-electron chi connectivity index (χ3n) is 1.98. The molecular formula is C10H11NO2. The topological polar surface area (TPSA) is 54.1 Å². The van der Waals surface area contributed by atoms with Gasteiger partial charge in [-0.25, -0.2) is 4.57 Å². The second-order valence-electron chi connectivity index (χ2n) is 2.86. The highest BCUT2D eigenvalue weighted by atomic mass is 16.3. The minimum Gasteiger partial charge on any atom is -0.870 e. The fourth-order valence-electron chi connectivity index (χ4n) is 1.33. The second-order valence-corrected chi connectivity index (χ2v) is 2.86. The van der Waals surface area contributed by atoms with Gasteiger partial charge in [0.25, 0.3) is 0 Å². The minimum absolute atomic E-state index is 0. The number of hydrogen-bond acceptors (Lipinski definition) is 2. The second kappa shape index (κ2) is 3.41. The summed E-state index contributed by atoms with van der Waals surface area (Å²) < 4.78 is 1.98. The summed E-state index contributed by atoms with van der Waals surface area (Å²) in [6, 6.07) is 9.37. The van der Waals surface area contributed by atoms with Crippen molar-refractivity contribution in [1.82, 2.24) is 0 Å². The Balaban J connectivity index is 0.000000845. The number of benzene rings is 1. The molecule has 0 fully saturated rings. The van der Waals surface area contributed by atoms with Crippen LogP contribution in [0.25, 0.3) is 10.9 Å². The van der Waals surface area contributed by atoms with Gasteiger partial charge in [-0.15, -0.1) is 0 Å². The maximum atomic E-state index is 9.24. The van der Waals surface area contributed by atoms with Gasteiger partial charge in [0.05, 0.1) is 6.07 Å². The van der Waals surface area contributed by atoms with Gasteiger partial charge in [0.1, 0.15) is 12.8 Å². The predicted octanol–water partition coefficient (Wildman–Crippen LogP) is 1.19. The molecule has 0 saturated carbocycles. The standard InChI is InChI=1S/C10H9NO.H2O/c1-11-6-2-3-8-4-5-9(12)7-10(8)11;/h2-7H,1H3;1H2. The van der Waals surface area contributed by atoms with E-state index in [0.717, 1.165) is 10.9 Å². The van der Waals surface area contributed by atoms with Crippen molar-refractivity contribution >= 4 is 10.9 Å². The first-order valence-corrected chi connectivity index (χ1v) is 3.85. The molecule has 0 bridgehead atoms. The van der Waals surface area contributed by atoms with Crippen molar-refractivity contribution in [1.29, 1.82) is 0 Å². The summed E-state index contributed by atoms with van der Waals surface area (Å²) in [5, 5.41) is 10.4. The van der Waals surface area contributed by atoms with Crippen LogP contribution in [0.2, 0.25) is 0 Å². The summed E-state index contributed by atoms with van der Waals surface area (Å²) in [5.41, 5.74) is 1.04. The lowest BCUT2D eigenvalue weighted by Gasteiger charge is -1.95. The summed E-state index contributed by atoms with van der Waals surface area (Å²) in [6.07, 6.45) is 1.96. The van der Waals surface area contributed by atoms with E-state index in [0.29, 0.717) is 5.75 Å². The van der Waals surface area contributed by atoms with Crippen molar-refractivity contribution in [2.45, 2.75) is 0 Å². The summed E-state index contributed by atoms with van der Waals surface area (Å²) in [6.45, 7) is 0. The molecule has 0 aliphatic heterocycles. The molecule has 2 N–H and O–H groups in total. The van der Waals surface area contributed by atoms with E-state index in [9.17, 15) is 5.11 Å². The largest absolute Gasteiger partial charge is 0.870 e. The number of phenolic OH excluding ortho intramolecular Hbond substituents is 1. The molecule has 0 aliphatic rings. The molecule has 0 atom stereocenters. The van der Waals surface area contributed by atoms with E-state index in [4.69, 9.17) is 0 Å². The lowest BCUT2D eigenvalue weighted by atomic mass is 10.2. The summed E-state index contributed by atoms with van der Waals surface area (Å²) in [4.78, 5) is 0. The normalized spacial score (nSPS) is 9.62. The fraction of sp³-hybridized carbons (Fsp3) is 0.100. The van der Waals surface area contributed by atoms with Crippen LogP contribution in [-0.4, -0.2) is 10.6 Å². The van der Waals surface area contributed by atoms with Crippen molar-refractivity contribution in [2.75, 3.05) is 0 Å². The van der Waals surface area contributed by atoms with Crippen LogP contribution in [-0.2, 0) is 7.05 Å². The van der Waals surface area contributed by atoms with Gasteiger partial charge in [0, 0.05) is 11.5 Å². The van der Waals surface area contributed by atoms with Crippen molar-refractivity contribution in [2.24, 2.45) is 7.05 Å². The molecule has 1 aromatic carbocycles. The number of rotatable bonds is 0.